The van der Waals surface area contributed by atoms with Gasteiger partial charge in [0.1, 0.15) is 6.10 Å². The number of hydrogen-bond acceptors (Lipinski definition) is 4. The van der Waals surface area contributed by atoms with Gasteiger partial charge in [-0.2, -0.15) is 0 Å². The second-order valence-corrected chi connectivity index (χ2v) is 4.35. The third kappa shape index (κ3) is 3.41. The summed E-state index contributed by atoms with van der Waals surface area (Å²) in [4.78, 5) is 25.1. The zero-order valence-corrected chi connectivity index (χ0v) is 9.91. The van der Waals surface area contributed by atoms with Gasteiger partial charge < -0.3 is 20.3 Å². The van der Waals surface area contributed by atoms with E-state index in [1.807, 2.05) is 0 Å². The van der Waals surface area contributed by atoms with Crippen LogP contribution in [0.15, 0.2) is 0 Å². The van der Waals surface area contributed by atoms with Crippen molar-refractivity contribution in [2.45, 2.75) is 18.9 Å². The predicted octanol–water partition coefficient (Wildman–Crippen LogP) is -1.29. The van der Waals surface area contributed by atoms with Gasteiger partial charge in [0.2, 0.25) is 11.8 Å². The van der Waals surface area contributed by atoms with Gasteiger partial charge in [-0.25, -0.2) is 0 Å². The van der Waals surface area contributed by atoms with Crippen molar-refractivity contribution in [2.24, 2.45) is 0 Å². The molecule has 2 saturated heterocycles. The van der Waals surface area contributed by atoms with Crippen molar-refractivity contribution >= 4 is 11.8 Å². The van der Waals surface area contributed by atoms with E-state index in [2.05, 4.69) is 10.6 Å². The molecule has 2 amide bonds. The molecule has 2 rings (SSSR count). The largest absolute Gasteiger partial charge is 0.368 e. The standard InChI is InChI=1S/C11H19N3O3/c15-10(14-5-3-12-4-6-14)8-13-11(16)9-2-1-7-17-9/h9,12H,1-8H2,(H,13,16)/t9-/m1/s1. The number of nitrogens with zero attached hydrogens (tertiary/aromatic N) is 1. The lowest BCUT2D eigenvalue weighted by molar-refractivity contribution is -0.136. The van der Waals surface area contributed by atoms with Crippen LogP contribution in [-0.4, -0.2) is 62.1 Å². The van der Waals surface area contributed by atoms with Crippen LogP contribution in [0.5, 0.6) is 0 Å². The number of hydrogen-bond donors (Lipinski definition) is 2. The molecule has 0 spiro atoms. The fourth-order valence-electron chi connectivity index (χ4n) is 2.09. The molecule has 0 saturated carbocycles. The van der Waals surface area contributed by atoms with Crippen LogP contribution in [0.3, 0.4) is 0 Å². The third-order valence-electron chi connectivity index (χ3n) is 3.11. The van der Waals surface area contributed by atoms with Crippen molar-refractivity contribution in [1.82, 2.24) is 15.5 Å². The lowest BCUT2D eigenvalue weighted by Gasteiger charge is -2.27. The Balaban J connectivity index is 1.69. The van der Waals surface area contributed by atoms with Crippen molar-refractivity contribution in [1.29, 1.82) is 0 Å². The van der Waals surface area contributed by atoms with Gasteiger partial charge in [0.05, 0.1) is 6.54 Å². The van der Waals surface area contributed by atoms with Crippen molar-refractivity contribution in [3.05, 3.63) is 0 Å². The Morgan fingerprint density at radius 1 is 1.35 bits per heavy atom. The van der Waals surface area contributed by atoms with Gasteiger partial charge in [0.25, 0.3) is 0 Å². The lowest BCUT2D eigenvalue weighted by Crippen LogP contribution is -2.50. The van der Waals surface area contributed by atoms with Crippen LogP contribution in [0, 0.1) is 0 Å². The number of rotatable bonds is 3. The van der Waals surface area contributed by atoms with Crippen LogP contribution in [0.25, 0.3) is 0 Å². The van der Waals surface area contributed by atoms with Gasteiger partial charge in [-0.05, 0) is 12.8 Å². The predicted molar refractivity (Wildman–Crippen MR) is 61.4 cm³/mol. The SMILES string of the molecule is O=C(NCC(=O)N1CCNCC1)[C@H]1CCCO1. The molecule has 6 nitrogen and oxygen atoms in total. The first-order valence-corrected chi connectivity index (χ1v) is 6.15. The van der Waals surface area contributed by atoms with E-state index in [1.165, 1.54) is 0 Å². The molecule has 2 heterocycles. The molecular weight excluding hydrogens is 222 g/mol. The topological polar surface area (TPSA) is 70.7 Å². The Hall–Kier alpha value is -1.14. The summed E-state index contributed by atoms with van der Waals surface area (Å²) in [7, 11) is 0. The number of piperazine rings is 1. The molecule has 0 aromatic carbocycles. The summed E-state index contributed by atoms with van der Waals surface area (Å²) in [6.45, 7) is 3.81. The first-order chi connectivity index (χ1) is 8.27. The summed E-state index contributed by atoms with van der Waals surface area (Å²) in [5.74, 6) is -0.177. The summed E-state index contributed by atoms with van der Waals surface area (Å²) in [6, 6.07) is 0. The van der Waals surface area contributed by atoms with Gasteiger partial charge >= 0.3 is 0 Å². The number of carbonyl (C=O) groups is 2. The maximum Gasteiger partial charge on any atom is 0.249 e. The van der Waals surface area contributed by atoms with E-state index < -0.39 is 0 Å². The van der Waals surface area contributed by atoms with E-state index in [-0.39, 0.29) is 24.5 Å². The molecule has 0 aromatic heterocycles. The second kappa shape index (κ2) is 5.97. The highest BCUT2D eigenvalue weighted by atomic mass is 16.5. The van der Waals surface area contributed by atoms with Crippen molar-refractivity contribution in [3.63, 3.8) is 0 Å². The van der Waals surface area contributed by atoms with Gasteiger partial charge in [-0.15, -0.1) is 0 Å². The molecule has 6 heteroatoms. The maximum absolute atomic E-state index is 11.8. The van der Waals surface area contributed by atoms with Gasteiger partial charge in [0.15, 0.2) is 0 Å². The number of nitrogens with one attached hydrogen (secondary N) is 2. The van der Waals surface area contributed by atoms with E-state index in [0.717, 1.165) is 25.9 Å². The second-order valence-electron chi connectivity index (χ2n) is 4.35. The Morgan fingerprint density at radius 2 is 2.12 bits per heavy atom. The Bertz CT molecular complexity index is 284. The monoisotopic (exact) mass is 241 g/mol. The van der Waals surface area contributed by atoms with E-state index in [9.17, 15) is 9.59 Å². The minimum absolute atomic E-state index is 0.0159. The van der Waals surface area contributed by atoms with Crippen molar-refractivity contribution in [2.75, 3.05) is 39.3 Å². The van der Waals surface area contributed by atoms with Crippen LogP contribution in [0.2, 0.25) is 0 Å². The smallest absolute Gasteiger partial charge is 0.249 e. The number of carbonyl (C=O) groups excluding carboxylic acids is 2. The summed E-state index contributed by atoms with van der Waals surface area (Å²) >= 11 is 0. The average Bonchev–Trinajstić information content (AvgIpc) is 2.90. The number of amides is 2. The van der Waals surface area contributed by atoms with Crippen LogP contribution in [-0.2, 0) is 14.3 Å². The highest BCUT2D eigenvalue weighted by Crippen LogP contribution is 2.11. The van der Waals surface area contributed by atoms with Crippen LogP contribution >= 0.6 is 0 Å². The van der Waals surface area contributed by atoms with Gasteiger partial charge in [0, 0.05) is 32.8 Å². The quantitative estimate of drug-likeness (QED) is 0.645. The van der Waals surface area contributed by atoms with Gasteiger partial charge in [-0.1, -0.05) is 0 Å². The molecule has 2 aliphatic heterocycles. The molecule has 2 aliphatic rings. The molecular formula is C11H19N3O3. The molecule has 1 atom stereocenters. The molecule has 0 bridgehead atoms. The lowest BCUT2D eigenvalue weighted by atomic mass is 10.2. The molecule has 2 N–H and O–H groups in total. The molecule has 0 unspecified atom stereocenters. The fourth-order valence-corrected chi connectivity index (χ4v) is 2.09. The highest BCUT2D eigenvalue weighted by molar-refractivity contribution is 5.87. The normalized spacial score (nSPS) is 24.7. The third-order valence-corrected chi connectivity index (χ3v) is 3.11. The molecule has 96 valence electrons. The average molecular weight is 241 g/mol. The zero-order valence-electron chi connectivity index (χ0n) is 9.91. The fraction of sp³-hybridized carbons (Fsp3) is 0.818. The highest BCUT2D eigenvalue weighted by Gasteiger charge is 2.24. The van der Waals surface area contributed by atoms with Gasteiger partial charge in [-0.3, -0.25) is 9.59 Å². The first kappa shape index (κ1) is 12.3. The minimum Gasteiger partial charge on any atom is -0.368 e. The minimum atomic E-state index is -0.356. The van der Waals surface area contributed by atoms with Crippen molar-refractivity contribution in [3.8, 4) is 0 Å². The van der Waals surface area contributed by atoms with Crippen LogP contribution < -0.4 is 10.6 Å². The van der Waals surface area contributed by atoms with E-state index in [0.29, 0.717) is 19.7 Å². The molecule has 0 radical (unpaired) electrons. The van der Waals surface area contributed by atoms with Crippen LogP contribution in [0.4, 0.5) is 0 Å². The maximum atomic E-state index is 11.8. The molecule has 2 fully saturated rings. The molecule has 17 heavy (non-hydrogen) atoms. The van der Waals surface area contributed by atoms with E-state index >= 15 is 0 Å². The first-order valence-electron chi connectivity index (χ1n) is 6.15. The number of ether oxygens (including phenoxy) is 1. The summed E-state index contributed by atoms with van der Waals surface area (Å²) in [5, 5.41) is 5.82. The zero-order chi connectivity index (χ0) is 12.1. The Morgan fingerprint density at radius 3 is 2.76 bits per heavy atom. The molecule has 0 aromatic rings. The summed E-state index contributed by atoms with van der Waals surface area (Å²) < 4.78 is 5.25. The van der Waals surface area contributed by atoms with Crippen LogP contribution in [0.1, 0.15) is 12.8 Å². The Labute approximate surface area is 101 Å². The van der Waals surface area contributed by atoms with E-state index in [4.69, 9.17) is 4.74 Å². The molecule has 0 aliphatic carbocycles. The van der Waals surface area contributed by atoms with E-state index in [1.54, 1.807) is 4.90 Å². The summed E-state index contributed by atoms with van der Waals surface area (Å²) in [5.41, 5.74) is 0. The summed E-state index contributed by atoms with van der Waals surface area (Å²) in [6.07, 6.45) is 1.32. The Kier molecular flexibility index (Phi) is 4.33. The van der Waals surface area contributed by atoms with Crippen molar-refractivity contribution < 1.29 is 14.3 Å².